The zero-order valence-corrected chi connectivity index (χ0v) is 17.9. The Balaban J connectivity index is 2.15. The van der Waals surface area contributed by atoms with Crippen molar-refractivity contribution in [1.82, 2.24) is 0 Å². The third kappa shape index (κ3) is 5.27. The summed E-state index contributed by atoms with van der Waals surface area (Å²) >= 11 is 0. The van der Waals surface area contributed by atoms with E-state index in [0.29, 0.717) is 29.2 Å². The third-order valence-corrected chi connectivity index (χ3v) is 4.97. The molecular formula is C26H25N3O3. The third-order valence-electron chi connectivity index (χ3n) is 4.97. The van der Waals surface area contributed by atoms with E-state index in [0.717, 1.165) is 11.3 Å². The second-order valence-electron chi connectivity index (χ2n) is 7.08. The summed E-state index contributed by atoms with van der Waals surface area (Å²) in [6, 6.07) is 23.4. The largest absolute Gasteiger partial charge is 0.497 e. The molecule has 0 saturated heterocycles. The molecule has 1 atom stereocenters. The van der Waals surface area contributed by atoms with Gasteiger partial charge in [-0.2, -0.15) is 5.26 Å². The van der Waals surface area contributed by atoms with Gasteiger partial charge in [0.2, 0.25) is 5.91 Å². The molecule has 0 spiro atoms. The highest BCUT2D eigenvalue weighted by atomic mass is 16.5. The fourth-order valence-electron chi connectivity index (χ4n) is 3.46. The predicted octanol–water partition coefficient (Wildman–Crippen LogP) is 4.36. The molecule has 6 nitrogen and oxygen atoms in total. The van der Waals surface area contributed by atoms with Gasteiger partial charge in [0.15, 0.2) is 0 Å². The second-order valence-corrected chi connectivity index (χ2v) is 7.08. The summed E-state index contributed by atoms with van der Waals surface area (Å²) in [6.07, 6.45) is 1.63. The highest BCUT2D eigenvalue weighted by Crippen LogP contribution is 2.36. The van der Waals surface area contributed by atoms with Gasteiger partial charge in [-0.25, -0.2) is 0 Å². The van der Waals surface area contributed by atoms with Crippen molar-refractivity contribution in [2.45, 2.75) is 12.6 Å². The van der Waals surface area contributed by atoms with E-state index in [4.69, 9.17) is 15.2 Å². The number of benzene rings is 3. The highest BCUT2D eigenvalue weighted by molar-refractivity contribution is 5.86. The summed E-state index contributed by atoms with van der Waals surface area (Å²) in [5, 5.41) is 9.18. The Morgan fingerprint density at radius 1 is 1.16 bits per heavy atom. The summed E-state index contributed by atoms with van der Waals surface area (Å²) < 4.78 is 11.2. The molecule has 0 bridgehead atoms. The number of carbonyl (C=O) groups excluding carboxylic acids is 1. The number of primary amides is 1. The van der Waals surface area contributed by atoms with Gasteiger partial charge in [-0.1, -0.05) is 43.0 Å². The van der Waals surface area contributed by atoms with Crippen LogP contribution in [0.25, 0.3) is 0 Å². The molecule has 6 heteroatoms. The molecule has 0 radical (unpaired) electrons. The highest BCUT2D eigenvalue weighted by Gasteiger charge is 2.30. The summed E-state index contributed by atoms with van der Waals surface area (Å²) in [4.78, 5) is 14.8. The monoisotopic (exact) mass is 427 g/mol. The van der Waals surface area contributed by atoms with Crippen molar-refractivity contribution in [2.75, 3.05) is 18.6 Å². The molecule has 1 unspecified atom stereocenters. The SMILES string of the molecule is C=CCOc1ccc(OC)cc1C(C(N)=O)N(Cc1ccccc1)c1ccc(C#N)cc1. The van der Waals surface area contributed by atoms with Gasteiger partial charge >= 0.3 is 0 Å². The van der Waals surface area contributed by atoms with Crippen LogP contribution in [0.5, 0.6) is 11.5 Å². The van der Waals surface area contributed by atoms with Crippen molar-refractivity contribution < 1.29 is 14.3 Å². The number of carbonyl (C=O) groups is 1. The molecular weight excluding hydrogens is 402 g/mol. The molecule has 0 aromatic heterocycles. The van der Waals surface area contributed by atoms with Crippen molar-refractivity contribution in [3.05, 3.63) is 102 Å². The zero-order valence-electron chi connectivity index (χ0n) is 17.9. The van der Waals surface area contributed by atoms with E-state index >= 15 is 0 Å². The average molecular weight is 428 g/mol. The number of nitriles is 1. The van der Waals surface area contributed by atoms with E-state index in [2.05, 4.69) is 12.6 Å². The maximum absolute atomic E-state index is 12.9. The molecule has 3 aromatic carbocycles. The van der Waals surface area contributed by atoms with Gasteiger partial charge in [-0.05, 0) is 48.0 Å². The molecule has 0 fully saturated rings. The summed E-state index contributed by atoms with van der Waals surface area (Å²) in [6.45, 7) is 4.39. The molecule has 162 valence electrons. The molecule has 2 N–H and O–H groups in total. The molecule has 0 aliphatic heterocycles. The number of rotatable bonds is 10. The Morgan fingerprint density at radius 3 is 2.47 bits per heavy atom. The average Bonchev–Trinajstić information content (AvgIpc) is 2.83. The van der Waals surface area contributed by atoms with E-state index in [-0.39, 0.29) is 6.61 Å². The van der Waals surface area contributed by atoms with Crippen LogP contribution in [0.4, 0.5) is 5.69 Å². The smallest absolute Gasteiger partial charge is 0.244 e. The summed E-state index contributed by atoms with van der Waals surface area (Å²) in [5.41, 5.74) is 8.81. The molecule has 0 aliphatic carbocycles. The van der Waals surface area contributed by atoms with Gasteiger partial charge in [0.1, 0.15) is 24.1 Å². The van der Waals surface area contributed by atoms with Crippen LogP contribution in [0.15, 0.2) is 85.5 Å². The molecule has 1 amide bonds. The Bertz CT molecular complexity index is 1110. The first-order valence-electron chi connectivity index (χ1n) is 10.1. The molecule has 0 aliphatic rings. The number of nitrogens with two attached hydrogens (primary N) is 1. The van der Waals surface area contributed by atoms with Crippen molar-refractivity contribution in [3.63, 3.8) is 0 Å². The van der Waals surface area contributed by atoms with E-state index in [1.165, 1.54) is 0 Å². The Hall–Kier alpha value is -4.24. The zero-order chi connectivity index (χ0) is 22.9. The van der Waals surface area contributed by atoms with Gasteiger partial charge in [0, 0.05) is 17.8 Å². The fraction of sp³-hybridized carbons (Fsp3) is 0.154. The number of hydrogen-bond donors (Lipinski definition) is 1. The van der Waals surface area contributed by atoms with Crippen molar-refractivity contribution >= 4 is 11.6 Å². The quantitative estimate of drug-likeness (QED) is 0.486. The number of anilines is 1. The van der Waals surface area contributed by atoms with Gasteiger partial charge < -0.3 is 20.1 Å². The number of nitrogens with zero attached hydrogens (tertiary/aromatic N) is 2. The minimum absolute atomic E-state index is 0.278. The Morgan fingerprint density at radius 2 is 1.88 bits per heavy atom. The normalized spacial score (nSPS) is 11.1. The lowest BCUT2D eigenvalue weighted by molar-refractivity contribution is -0.119. The van der Waals surface area contributed by atoms with E-state index in [9.17, 15) is 10.1 Å². The first kappa shape index (κ1) is 22.4. The molecule has 0 saturated carbocycles. The Labute approximate surface area is 188 Å². The molecule has 32 heavy (non-hydrogen) atoms. The van der Waals surface area contributed by atoms with Gasteiger partial charge in [-0.3, -0.25) is 4.79 Å². The van der Waals surface area contributed by atoms with Gasteiger partial charge in [0.05, 0.1) is 18.7 Å². The fourth-order valence-corrected chi connectivity index (χ4v) is 3.46. The number of ether oxygens (including phenoxy) is 2. The maximum atomic E-state index is 12.9. The van der Waals surface area contributed by atoms with Crippen molar-refractivity contribution in [2.24, 2.45) is 5.73 Å². The van der Waals surface area contributed by atoms with E-state index in [1.807, 2.05) is 47.4 Å². The van der Waals surface area contributed by atoms with Crippen LogP contribution in [0, 0.1) is 11.3 Å². The summed E-state index contributed by atoms with van der Waals surface area (Å²) in [5.74, 6) is 0.555. The maximum Gasteiger partial charge on any atom is 0.244 e. The lowest BCUT2D eigenvalue weighted by Crippen LogP contribution is -2.38. The Kier molecular flexibility index (Phi) is 7.50. The standard InChI is InChI=1S/C26H25N3O3/c1-3-15-32-24-14-13-22(31-2)16-23(24)25(26(28)30)29(18-20-7-5-4-6-8-20)21-11-9-19(17-27)10-12-21/h3-14,16,25H,1,15,18H2,2H3,(H2,28,30). The minimum atomic E-state index is -0.849. The van der Waals surface area contributed by atoms with Crippen LogP contribution in [0.1, 0.15) is 22.7 Å². The van der Waals surface area contributed by atoms with Gasteiger partial charge in [0.25, 0.3) is 0 Å². The molecule has 3 aromatic rings. The number of amides is 1. The lowest BCUT2D eigenvalue weighted by Gasteiger charge is -2.33. The first-order valence-corrected chi connectivity index (χ1v) is 10.1. The van der Waals surface area contributed by atoms with E-state index < -0.39 is 11.9 Å². The number of hydrogen-bond acceptors (Lipinski definition) is 5. The topological polar surface area (TPSA) is 88.6 Å². The number of methoxy groups -OCH3 is 1. The van der Waals surface area contributed by atoms with Crippen LogP contribution in [0.3, 0.4) is 0 Å². The van der Waals surface area contributed by atoms with Crippen molar-refractivity contribution in [3.8, 4) is 17.6 Å². The lowest BCUT2D eigenvalue weighted by atomic mass is 10.0. The van der Waals surface area contributed by atoms with Crippen LogP contribution in [-0.2, 0) is 11.3 Å². The molecule has 3 rings (SSSR count). The predicted molar refractivity (Wildman–Crippen MR) is 124 cm³/mol. The van der Waals surface area contributed by atoms with Crippen molar-refractivity contribution in [1.29, 1.82) is 5.26 Å². The van der Waals surface area contributed by atoms with Crippen LogP contribution < -0.4 is 20.1 Å². The van der Waals surface area contributed by atoms with E-state index in [1.54, 1.807) is 43.5 Å². The van der Waals surface area contributed by atoms with Crippen LogP contribution >= 0.6 is 0 Å². The van der Waals surface area contributed by atoms with Gasteiger partial charge in [-0.15, -0.1) is 0 Å². The van der Waals surface area contributed by atoms with Crippen LogP contribution in [0.2, 0.25) is 0 Å². The summed E-state index contributed by atoms with van der Waals surface area (Å²) in [7, 11) is 1.56. The second kappa shape index (κ2) is 10.7. The van der Waals surface area contributed by atoms with Crippen LogP contribution in [-0.4, -0.2) is 19.6 Å². The first-order chi connectivity index (χ1) is 15.6. The minimum Gasteiger partial charge on any atom is -0.497 e. The molecule has 0 heterocycles.